The van der Waals surface area contributed by atoms with Gasteiger partial charge in [0.05, 0.1) is 10.7 Å². The highest BCUT2D eigenvalue weighted by molar-refractivity contribution is 7.89. The van der Waals surface area contributed by atoms with Crippen LogP contribution in [-0.4, -0.2) is 36.6 Å². The van der Waals surface area contributed by atoms with E-state index in [0.717, 1.165) is 5.56 Å². The minimum Gasteiger partial charge on any atom is -0.393 e. The van der Waals surface area contributed by atoms with Gasteiger partial charge in [0.15, 0.2) is 0 Å². The summed E-state index contributed by atoms with van der Waals surface area (Å²) >= 11 is 4.85. The maximum Gasteiger partial charge on any atom is 0.214 e. The topological polar surface area (TPSA) is 63.4 Å². The standard InChI is InChI=1S/C15H24N2O2S2/c1-13(2)12-17(10-8-15(16)20)21(18,19)11-9-14-6-4-3-5-7-14/h3-7,13H,8-12H2,1-2H3,(H2,16,20). The maximum absolute atomic E-state index is 12.5. The summed E-state index contributed by atoms with van der Waals surface area (Å²) in [5, 5.41) is 0. The van der Waals surface area contributed by atoms with E-state index in [0.29, 0.717) is 30.9 Å². The van der Waals surface area contributed by atoms with Crippen LogP contribution in [0.1, 0.15) is 25.8 Å². The van der Waals surface area contributed by atoms with Gasteiger partial charge in [-0.1, -0.05) is 56.4 Å². The molecule has 0 spiro atoms. The van der Waals surface area contributed by atoms with E-state index in [4.69, 9.17) is 18.0 Å². The molecule has 6 heteroatoms. The zero-order valence-electron chi connectivity index (χ0n) is 12.7. The lowest BCUT2D eigenvalue weighted by Crippen LogP contribution is -2.38. The Morgan fingerprint density at radius 2 is 1.90 bits per heavy atom. The van der Waals surface area contributed by atoms with Crippen LogP contribution >= 0.6 is 12.2 Å². The van der Waals surface area contributed by atoms with E-state index in [1.54, 1.807) is 0 Å². The number of thiocarbonyl (C=S) groups is 1. The van der Waals surface area contributed by atoms with Crippen molar-refractivity contribution in [1.82, 2.24) is 4.31 Å². The molecule has 118 valence electrons. The smallest absolute Gasteiger partial charge is 0.214 e. The monoisotopic (exact) mass is 328 g/mol. The van der Waals surface area contributed by atoms with Crippen LogP contribution in [0.25, 0.3) is 0 Å². The number of rotatable bonds is 9. The molecule has 0 saturated carbocycles. The summed E-state index contributed by atoms with van der Waals surface area (Å²) in [5.74, 6) is 0.379. The van der Waals surface area contributed by atoms with E-state index in [-0.39, 0.29) is 11.7 Å². The SMILES string of the molecule is CC(C)CN(CCC(N)=S)S(=O)(=O)CCc1ccccc1. The lowest BCUT2D eigenvalue weighted by Gasteiger charge is -2.23. The van der Waals surface area contributed by atoms with Gasteiger partial charge in [0.1, 0.15) is 0 Å². The highest BCUT2D eigenvalue weighted by Gasteiger charge is 2.22. The molecular weight excluding hydrogens is 304 g/mol. The van der Waals surface area contributed by atoms with Crippen molar-refractivity contribution in [3.05, 3.63) is 35.9 Å². The Morgan fingerprint density at radius 3 is 2.43 bits per heavy atom. The van der Waals surface area contributed by atoms with Crippen LogP contribution in [0.5, 0.6) is 0 Å². The van der Waals surface area contributed by atoms with Crippen molar-refractivity contribution in [2.75, 3.05) is 18.8 Å². The number of hydrogen-bond donors (Lipinski definition) is 1. The van der Waals surface area contributed by atoms with Crippen LogP contribution < -0.4 is 5.73 Å². The van der Waals surface area contributed by atoms with Gasteiger partial charge in [0, 0.05) is 19.5 Å². The molecule has 21 heavy (non-hydrogen) atoms. The molecular formula is C15H24N2O2S2. The van der Waals surface area contributed by atoms with Gasteiger partial charge in [0.25, 0.3) is 0 Å². The van der Waals surface area contributed by atoms with Crippen LogP contribution in [0.4, 0.5) is 0 Å². The summed E-state index contributed by atoms with van der Waals surface area (Å²) in [6.07, 6.45) is 0.942. The molecule has 0 heterocycles. The Labute approximate surface area is 133 Å². The second-order valence-corrected chi connectivity index (χ2v) is 8.13. The van der Waals surface area contributed by atoms with E-state index in [1.165, 1.54) is 4.31 Å². The van der Waals surface area contributed by atoms with Crippen molar-refractivity contribution in [2.45, 2.75) is 26.7 Å². The molecule has 0 radical (unpaired) electrons. The first-order valence-corrected chi connectivity index (χ1v) is 9.13. The third kappa shape index (κ3) is 7.02. The maximum atomic E-state index is 12.5. The average Bonchev–Trinajstić information content (AvgIpc) is 2.42. The van der Waals surface area contributed by atoms with Crippen LogP contribution in [0.15, 0.2) is 30.3 Å². The fourth-order valence-electron chi connectivity index (χ4n) is 2.01. The van der Waals surface area contributed by atoms with Gasteiger partial charge in [-0.25, -0.2) is 12.7 Å². The van der Waals surface area contributed by atoms with Gasteiger partial charge in [0.2, 0.25) is 10.0 Å². The van der Waals surface area contributed by atoms with E-state index in [1.807, 2.05) is 44.2 Å². The first-order chi connectivity index (χ1) is 9.81. The first kappa shape index (κ1) is 18.1. The minimum absolute atomic E-state index is 0.112. The molecule has 4 nitrogen and oxygen atoms in total. The van der Waals surface area contributed by atoms with Gasteiger partial charge >= 0.3 is 0 Å². The summed E-state index contributed by atoms with van der Waals surface area (Å²) in [5.41, 5.74) is 6.52. The van der Waals surface area contributed by atoms with Gasteiger partial charge in [-0.3, -0.25) is 0 Å². The highest BCUT2D eigenvalue weighted by Crippen LogP contribution is 2.10. The number of hydrogen-bond acceptors (Lipinski definition) is 3. The second kappa shape index (κ2) is 8.46. The second-order valence-electron chi connectivity index (χ2n) is 5.52. The zero-order chi connectivity index (χ0) is 15.9. The van der Waals surface area contributed by atoms with Crippen molar-refractivity contribution < 1.29 is 8.42 Å². The van der Waals surface area contributed by atoms with Crippen LogP contribution in [0.3, 0.4) is 0 Å². The third-order valence-corrected chi connectivity index (χ3v) is 5.10. The molecule has 0 fully saturated rings. The Kier molecular flexibility index (Phi) is 7.28. The number of sulfonamides is 1. The van der Waals surface area contributed by atoms with Crippen LogP contribution in [-0.2, 0) is 16.4 Å². The van der Waals surface area contributed by atoms with Gasteiger partial charge in [-0.2, -0.15) is 0 Å². The zero-order valence-corrected chi connectivity index (χ0v) is 14.3. The predicted molar refractivity (Wildman–Crippen MR) is 91.7 cm³/mol. The molecule has 0 aliphatic rings. The molecule has 0 bridgehead atoms. The van der Waals surface area contributed by atoms with E-state index < -0.39 is 10.0 Å². The molecule has 0 atom stereocenters. The molecule has 0 aliphatic heterocycles. The Morgan fingerprint density at radius 1 is 1.29 bits per heavy atom. The molecule has 1 aromatic rings. The normalized spacial score (nSPS) is 12.0. The average molecular weight is 329 g/mol. The molecule has 0 amide bonds. The van der Waals surface area contributed by atoms with E-state index >= 15 is 0 Å². The number of benzene rings is 1. The molecule has 0 unspecified atom stereocenters. The molecule has 0 aliphatic carbocycles. The largest absolute Gasteiger partial charge is 0.393 e. The lowest BCUT2D eigenvalue weighted by molar-refractivity contribution is 0.374. The summed E-state index contributed by atoms with van der Waals surface area (Å²) in [4.78, 5) is 0.349. The summed E-state index contributed by atoms with van der Waals surface area (Å²) in [7, 11) is -3.29. The highest BCUT2D eigenvalue weighted by atomic mass is 32.2. The van der Waals surface area contributed by atoms with Crippen molar-refractivity contribution in [3.8, 4) is 0 Å². The Balaban J connectivity index is 2.71. The van der Waals surface area contributed by atoms with Crippen LogP contribution in [0, 0.1) is 5.92 Å². The summed E-state index contributed by atoms with van der Waals surface area (Å²) in [6.45, 7) is 4.87. The predicted octanol–water partition coefficient (Wildman–Crippen LogP) is 2.19. The number of nitrogens with zero attached hydrogens (tertiary/aromatic N) is 1. The molecule has 1 aromatic carbocycles. The summed E-state index contributed by atoms with van der Waals surface area (Å²) < 4.78 is 26.5. The number of aryl methyl sites for hydroxylation is 1. The van der Waals surface area contributed by atoms with Gasteiger partial charge < -0.3 is 5.73 Å². The number of nitrogens with two attached hydrogens (primary N) is 1. The van der Waals surface area contributed by atoms with Crippen molar-refractivity contribution in [1.29, 1.82) is 0 Å². The fraction of sp³-hybridized carbons (Fsp3) is 0.533. The van der Waals surface area contributed by atoms with E-state index in [9.17, 15) is 8.42 Å². The Hall–Kier alpha value is -0.980. The molecule has 0 aromatic heterocycles. The van der Waals surface area contributed by atoms with Crippen LogP contribution in [0.2, 0.25) is 0 Å². The van der Waals surface area contributed by atoms with E-state index in [2.05, 4.69) is 0 Å². The quantitative estimate of drug-likeness (QED) is 0.706. The summed E-state index contributed by atoms with van der Waals surface area (Å²) in [6, 6.07) is 9.64. The molecule has 2 N–H and O–H groups in total. The fourth-order valence-corrected chi connectivity index (χ4v) is 3.74. The first-order valence-electron chi connectivity index (χ1n) is 7.11. The molecule has 1 rings (SSSR count). The Bertz CT molecular complexity index is 542. The molecule has 0 saturated heterocycles. The van der Waals surface area contributed by atoms with Crippen molar-refractivity contribution in [2.24, 2.45) is 11.7 Å². The minimum atomic E-state index is -3.29. The van der Waals surface area contributed by atoms with Gasteiger partial charge in [-0.05, 0) is 17.9 Å². The van der Waals surface area contributed by atoms with Crippen molar-refractivity contribution in [3.63, 3.8) is 0 Å². The lowest BCUT2D eigenvalue weighted by atomic mass is 10.2. The third-order valence-electron chi connectivity index (χ3n) is 3.06. The van der Waals surface area contributed by atoms with Crippen molar-refractivity contribution >= 4 is 27.2 Å². The van der Waals surface area contributed by atoms with Gasteiger partial charge in [-0.15, -0.1) is 0 Å².